The normalized spacial score (nSPS) is 9.35. The van der Waals surface area contributed by atoms with Gasteiger partial charge in [0.2, 0.25) is 5.28 Å². The quantitative estimate of drug-likeness (QED) is 0.609. The summed E-state index contributed by atoms with van der Waals surface area (Å²) in [5.74, 6) is 0. The number of halogens is 1. The number of hydrogen-bond donors (Lipinski definition) is 0. The highest BCUT2D eigenvalue weighted by atomic mass is 35.5. The van der Waals surface area contributed by atoms with E-state index in [1.165, 1.54) is 0 Å². The largest absolute Gasteiger partial charge is 0.468 e. The average molecular weight is 253 g/mol. The lowest BCUT2D eigenvalue weighted by atomic mass is 10.2. The molecule has 0 unspecified atom stereocenters. The van der Waals surface area contributed by atoms with Crippen molar-refractivity contribution < 1.29 is 9.53 Å². The van der Waals surface area contributed by atoms with E-state index in [-0.39, 0.29) is 0 Å². The molecule has 2 rings (SSSR count). The number of carbonyl (C=O) groups is 1. The number of hydrogen-bond acceptors (Lipinski definition) is 4. The van der Waals surface area contributed by atoms with Crippen molar-refractivity contribution in [1.29, 1.82) is 0 Å². The van der Waals surface area contributed by atoms with Crippen LogP contribution in [0.1, 0.15) is 12.5 Å². The van der Waals surface area contributed by atoms with Gasteiger partial charge < -0.3 is 4.74 Å². The fourth-order valence-electron chi connectivity index (χ4n) is 1.25. The first-order valence-corrected chi connectivity index (χ1v) is 5.50. The number of fused-ring (bicyclic) bond motifs is 1. The molecular formula is C12H13ClN2O2. The molecule has 1 aromatic heterocycles. The third-order valence-corrected chi connectivity index (χ3v) is 2.20. The molecule has 0 amide bonds. The van der Waals surface area contributed by atoms with Crippen molar-refractivity contribution in [1.82, 2.24) is 9.97 Å². The minimum absolute atomic E-state index is 0.303. The first-order valence-electron chi connectivity index (χ1n) is 5.12. The highest BCUT2D eigenvalue weighted by Gasteiger charge is 1.98. The van der Waals surface area contributed by atoms with E-state index in [0.717, 1.165) is 16.5 Å². The molecule has 1 heterocycles. The van der Waals surface area contributed by atoms with Crippen molar-refractivity contribution in [3.63, 3.8) is 0 Å². The van der Waals surface area contributed by atoms with E-state index >= 15 is 0 Å². The van der Waals surface area contributed by atoms with Crippen LogP contribution in [0.3, 0.4) is 0 Å². The lowest BCUT2D eigenvalue weighted by molar-refractivity contribution is -0.128. The molecule has 17 heavy (non-hydrogen) atoms. The van der Waals surface area contributed by atoms with Gasteiger partial charge in [-0.05, 0) is 31.0 Å². The highest BCUT2D eigenvalue weighted by Crippen LogP contribution is 2.15. The van der Waals surface area contributed by atoms with E-state index in [4.69, 9.17) is 11.6 Å². The van der Waals surface area contributed by atoms with E-state index in [9.17, 15) is 4.79 Å². The molecule has 0 saturated carbocycles. The molecule has 0 bridgehead atoms. The Kier molecular flexibility index (Phi) is 5.36. The molecule has 0 saturated heterocycles. The first-order chi connectivity index (χ1) is 8.19. The monoisotopic (exact) mass is 252 g/mol. The van der Waals surface area contributed by atoms with Gasteiger partial charge in [0.15, 0.2) is 0 Å². The van der Waals surface area contributed by atoms with Crippen molar-refractivity contribution in [2.24, 2.45) is 0 Å². The molecule has 2 aromatic rings. The fraction of sp³-hybridized carbons (Fsp3) is 0.250. The van der Waals surface area contributed by atoms with Crippen LogP contribution < -0.4 is 0 Å². The maximum Gasteiger partial charge on any atom is 0.293 e. The van der Waals surface area contributed by atoms with E-state index in [1.54, 1.807) is 13.1 Å². The highest BCUT2D eigenvalue weighted by molar-refractivity contribution is 6.28. The maximum atomic E-state index is 9.18. The van der Waals surface area contributed by atoms with Crippen LogP contribution in [0, 0.1) is 6.92 Å². The Morgan fingerprint density at radius 1 is 1.47 bits per heavy atom. The minimum atomic E-state index is 0.303. The summed E-state index contributed by atoms with van der Waals surface area (Å²) in [7, 11) is 0. The van der Waals surface area contributed by atoms with Gasteiger partial charge in [-0.2, -0.15) is 0 Å². The van der Waals surface area contributed by atoms with Crippen LogP contribution in [-0.2, 0) is 9.53 Å². The number of carbonyl (C=O) groups excluding carboxylic acids is 1. The van der Waals surface area contributed by atoms with E-state index in [2.05, 4.69) is 14.7 Å². The van der Waals surface area contributed by atoms with Gasteiger partial charge in [-0.1, -0.05) is 18.2 Å². The van der Waals surface area contributed by atoms with Gasteiger partial charge in [0, 0.05) is 11.6 Å². The van der Waals surface area contributed by atoms with Gasteiger partial charge in [0.1, 0.15) is 0 Å². The van der Waals surface area contributed by atoms with Gasteiger partial charge >= 0.3 is 0 Å². The molecule has 4 nitrogen and oxygen atoms in total. The predicted molar refractivity (Wildman–Crippen MR) is 67.0 cm³/mol. The molecule has 5 heteroatoms. The molecule has 1 aromatic carbocycles. The lowest BCUT2D eigenvalue weighted by Gasteiger charge is -1.99. The SMILES string of the molecule is CCOC=O.Cc1cccc2cnc(Cl)nc12. The fourth-order valence-corrected chi connectivity index (χ4v) is 1.38. The molecule has 0 aliphatic heterocycles. The van der Waals surface area contributed by atoms with E-state index in [0.29, 0.717) is 18.4 Å². The van der Waals surface area contributed by atoms with Gasteiger partial charge in [-0.3, -0.25) is 4.79 Å². The maximum absolute atomic E-state index is 9.18. The second-order valence-electron chi connectivity index (χ2n) is 3.20. The Hall–Kier alpha value is -1.68. The summed E-state index contributed by atoms with van der Waals surface area (Å²) in [5.41, 5.74) is 2.05. The molecule has 0 aliphatic rings. The Morgan fingerprint density at radius 3 is 2.82 bits per heavy atom. The zero-order valence-corrected chi connectivity index (χ0v) is 10.4. The minimum Gasteiger partial charge on any atom is -0.468 e. The van der Waals surface area contributed by atoms with Crippen LogP contribution >= 0.6 is 11.6 Å². The van der Waals surface area contributed by atoms with Gasteiger partial charge in [-0.15, -0.1) is 0 Å². The summed E-state index contributed by atoms with van der Waals surface area (Å²) in [6, 6.07) is 5.96. The van der Waals surface area contributed by atoms with Crippen molar-refractivity contribution in [2.45, 2.75) is 13.8 Å². The average Bonchev–Trinajstić information content (AvgIpc) is 2.32. The first kappa shape index (κ1) is 13.4. The third kappa shape index (κ3) is 4.00. The Bertz CT molecular complexity index is 503. The zero-order chi connectivity index (χ0) is 12.7. The van der Waals surface area contributed by atoms with Crippen molar-refractivity contribution in [3.05, 3.63) is 35.2 Å². The molecule has 0 radical (unpaired) electrons. The van der Waals surface area contributed by atoms with Crippen molar-refractivity contribution in [3.8, 4) is 0 Å². The lowest BCUT2D eigenvalue weighted by Crippen LogP contribution is -1.86. The Morgan fingerprint density at radius 2 is 2.24 bits per heavy atom. The molecule has 0 aliphatic carbocycles. The number of rotatable bonds is 2. The summed E-state index contributed by atoms with van der Waals surface area (Å²) in [6.07, 6.45) is 1.73. The molecule has 0 atom stereocenters. The Labute approximate surface area is 105 Å². The topological polar surface area (TPSA) is 52.1 Å². The van der Waals surface area contributed by atoms with Crippen LogP contribution in [-0.4, -0.2) is 23.0 Å². The predicted octanol–water partition coefficient (Wildman–Crippen LogP) is 2.77. The summed E-state index contributed by atoms with van der Waals surface area (Å²) in [4.78, 5) is 17.2. The van der Waals surface area contributed by atoms with Crippen LogP contribution in [0.15, 0.2) is 24.4 Å². The molecular weight excluding hydrogens is 240 g/mol. The molecule has 0 spiro atoms. The number of aromatic nitrogens is 2. The second kappa shape index (κ2) is 6.81. The standard InChI is InChI=1S/C9H7ClN2.C3H6O2/c1-6-3-2-4-7-5-11-9(10)12-8(6)7;1-2-5-3-4/h2-5H,1H3;3H,2H2,1H3. The summed E-state index contributed by atoms with van der Waals surface area (Å²) < 4.78 is 4.15. The summed E-state index contributed by atoms with van der Waals surface area (Å²) >= 11 is 5.67. The Balaban J connectivity index is 0.000000249. The number of para-hydroxylation sites is 1. The third-order valence-electron chi connectivity index (χ3n) is 2.02. The van der Waals surface area contributed by atoms with Crippen LogP contribution in [0.4, 0.5) is 0 Å². The number of benzene rings is 1. The number of ether oxygens (including phenoxy) is 1. The van der Waals surface area contributed by atoms with E-state index in [1.807, 2.05) is 25.1 Å². The molecule has 0 N–H and O–H groups in total. The number of aryl methyl sites for hydroxylation is 1. The number of nitrogens with zero attached hydrogens (tertiary/aromatic N) is 2. The molecule has 0 fully saturated rings. The summed E-state index contributed by atoms with van der Waals surface area (Å²) in [6.45, 7) is 4.67. The van der Waals surface area contributed by atoms with Crippen molar-refractivity contribution >= 4 is 29.0 Å². The van der Waals surface area contributed by atoms with E-state index < -0.39 is 0 Å². The summed E-state index contributed by atoms with van der Waals surface area (Å²) in [5, 5.41) is 1.33. The van der Waals surface area contributed by atoms with Gasteiger partial charge in [-0.25, -0.2) is 9.97 Å². The van der Waals surface area contributed by atoms with Crippen LogP contribution in [0.5, 0.6) is 0 Å². The smallest absolute Gasteiger partial charge is 0.293 e. The molecule has 90 valence electrons. The van der Waals surface area contributed by atoms with Crippen LogP contribution in [0.25, 0.3) is 10.9 Å². The van der Waals surface area contributed by atoms with Crippen molar-refractivity contribution in [2.75, 3.05) is 6.61 Å². The van der Waals surface area contributed by atoms with Gasteiger partial charge in [0.05, 0.1) is 12.1 Å². The van der Waals surface area contributed by atoms with Gasteiger partial charge in [0.25, 0.3) is 6.47 Å². The second-order valence-corrected chi connectivity index (χ2v) is 3.54. The zero-order valence-electron chi connectivity index (χ0n) is 9.68. The van der Waals surface area contributed by atoms with Crippen LogP contribution in [0.2, 0.25) is 5.28 Å².